The summed E-state index contributed by atoms with van der Waals surface area (Å²) < 4.78 is 44.7. The van der Waals surface area contributed by atoms with Gasteiger partial charge in [0.05, 0.1) is 17.6 Å². The van der Waals surface area contributed by atoms with Gasteiger partial charge in [0, 0.05) is 42.0 Å². The van der Waals surface area contributed by atoms with Gasteiger partial charge >= 0.3 is 6.18 Å². The van der Waals surface area contributed by atoms with Crippen LogP contribution in [0.4, 0.5) is 13.2 Å². The first-order valence-corrected chi connectivity index (χ1v) is 18.8. The molecule has 0 aliphatic heterocycles. The van der Waals surface area contributed by atoms with Crippen LogP contribution in [0.1, 0.15) is 51.3 Å². The number of para-hydroxylation sites is 1. The summed E-state index contributed by atoms with van der Waals surface area (Å²) in [6.45, 7) is 0.615. The van der Waals surface area contributed by atoms with Crippen LogP contribution in [-0.4, -0.2) is 29.3 Å². The number of thioether (sulfide) groups is 1. The minimum absolute atomic E-state index is 0.333. The second-order valence-corrected chi connectivity index (χ2v) is 14.2. The van der Waals surface area contributed by atoms with Crippen molar-refractivity contribution in [3.63, 3.8) is 0 Å². The highest BCUT2D eigenvalue weighted by Gasteiger charge is 2.38. The molecule has 0 radical (unpaired) electrons. The van der Waals surface area contributed by atoms with Crippen LogP contribution in [0.2, 0.25) is 0 Å². The first kappa shape index (κ1) is 35.2. The molecule has 5 aromatic carbocycles. The van der Waals surface area contributed by atoms with Crippen molar-refractivity contribution >= 4 is 22.7 Å². The zero-order valence-electron chi connectivity index (χ0n) is 29.3. The first-order chi connectivity index (χ1) is 26.4. The number of alkyl halides is 3. The van der Waals surface area contributed by atoms with Crippen LogP contribution >= 0.6 is 11.8 Å². The Hall–Kier alpha value is -5.87. The third-order valence-corrected chi connectivity index (χ3v) is 10.9. The van der Waals surface area contributed by atoms with E-state index in [0.717, 1.165) is 57.2 Å². The molecule has 0 atom stereocenters. The average molecular weight is 739 g/mol. The van der Waals surface area contributed by atoms with Gasteiger partial charge in [-0.2, -0.15) is 13.2 Å². The van der Waals surface area contributed by atoms with E-state index in [1.165, 1.54) is 23.9 Å². The molecule has 8 rings (SSSR count). The number of aromatic amines is 1. The molecular formula is C44H37F3N6S. The second-order valence-electron chi connectivity index (χ2n) is 13.3. The van der Waals surface area contributed by atoms with E-state index in [1.807, 2.05) is 48.9 Å². The molecule has 10 heteroatoms. The van der Waals surface area contributed by atoms with Gasteiger partial charge in [0.15, 0.2) is 5.16 Å². The third-order valence-electron chi connectivity index (χ3n) is 9.85. The lowest BCUT2D eigenvalue weighted by Crippen LogP contribution is -2.36. The molecule has 54 heavy (non-hydrogen) atoms. The molecule has 3 heterocycles. The maximum Gasteiger partial charge on any atom is 0.416 e. The van der Waals surface area contributed by atoms with Gasteiger partial charge in [0.1, 0.15) is 11.4 Å². The molecule has 0 unspecified atom stereocenters. The Kier molecular flexibility index (Phi) is 9.93. The summed E-state index contributed by atoms with van der Waals surface area (Å²) in [4.78, 5) is 8.29. The molecule has 270 valence electrons. The van der Waals surface area contributed by atoms with Gasteiger partial charge in [-0.15, -0.1) is 10.2 Å². The van der Waals surface area contributed by atoms with Crippen LogP contribution in [0.5, 0.6) is 0 Å². The van der Waals surface area contributed by atoms with E-state index < -0.39 is 17.3 Å². The largest absolute Gasteiger partial charge is 0.416 e. The molecule has 6 nitrogen and oxygen atoms in total. The van der Waals surface area contributed by atoms with Crippen molar-refractivity contribution in [2.24, 2.45) is 0 Å². The van der Waals surface area contributed by atoms with E-state index in [0.29, 0.717) is 35.9 Å². The monoisotopic (exact) mass is 738 g/mol. The van der Waals surface area contributed by atoms with Gasteiger partial charge in [0.25, 0.3) is 0 Å². The molecule has 0 spiro atoms. The molecule has 0 saturated carbocycles. The van der Waals surface area contributed by atoms with Crippen molar-refractivity contribution in [1.29, 1.82) is 0 Å². The smallest absolute Gasteiger partial charge is 0.361 e. The van der Waals surface area contributed by atoms with Crippen molar-refractivity contribution < 1.29 is 13.2 Å². The van der Waals surface area contributed by atoms with Crippen LogP contribution < -0.4 is 0 Å². The Bertz CT molecular complexity index is 2360. The Balaban J connectivity index is 1.08. The lowest BCUT2D eigenvalue weighted by molar-refractivity contribution is -0.137. The standard InChI is InChI=1S/C44H37F3N6S/c45-44(46,47)37-21-12-14-32(26-37)30-54-42-51-50-41(27-33-28-48-40-24-11-10-23-39(33)40)53(42)25-13-22-38-29-52(31-49-38)43(34-15-4-1-5-16-34,35-17-6-2-7-18-35)36-19-8-3-9-20-36/h1-12,14-21,23-24,26,28-29,31,48H,13,22,25,27,30H2. The number of imidazole rings is 1. The zero-order chi connectivity index (χ0) is 37.0. The fraction of sp³-hybridized carbons (Fsp3) is 0.159. The molecule has 0 amide bonds. The number of rotatable bonds is 13. The number of nitrogens with one attached hydrogen (secondary N) is 1. The van der Waals surface area contributed by atoms with Crippen LogP contribution in [0.15, 0.2) is 163 Å². The lowest BCUT2D eigenvalue weighted by Gasteiger charge is -2.37. The number of hydrogen-bond acceptors (Lipinski definition) is 4. The highest BCUT2D eigenvalue weighted by atomic mass is 32.2. The lowest BCUT2D eigenvalue weighted by atomic mass is 9.77. The van der Waals surface area contributed by atoms with Crippen molar-refractivity contribution in [2.45, 2.75) is 48.4 Å². The van der Waals surface area contributed by atoms with E-state index in [4.69, 9.17) is 4.98 Å². The van der Waals surface area contributed by atoms with E-state index in [-0.39, 0.29) is 0 Å². The van der Waals surface area contributed by atoms with Gasteiger partial charge in [-0.3, -0.25) is 0 Å². The summed E-state index contributed by atoms with van der Waals surface area (Å²) in [5, 5.41) is 10.9. The average Bonchev–Trinajstić information content (AvgIpc) is 3.95. The Morgan fingerprint density at radius 2 is 1.31 bits per heavy atom. The number of hydrogen-bond donors (Lipinski definition) is 1. The highest BCUT2D eigenvalue weighted by molar-refractivity contribution is 7.98. The minimum Gasteiger partial charge on any atom is -0.361 e. The summed E-state index contributed by atoms with van der Waals surface area (Å²) in [6.07, 6.45) is 3.69. The molecule has 8 aromatic rings. The van der Waals surface area contributed by atoms with E-state index in [1.54, 1.807) is 6.07 Å². The van der Waals surface area contributed by atoms with Gasteiger partial charge < -0.3 is 14.1 Å². The molecule has 1 N–H and O–H groups in total. The van der Waals surface area contributed by atoms with E-state index in [9.17, 15) is 13.2 Å². The predicted octanol–water partition coefficient (Wildman–Crippen LogP) is 10.3. The number of aryl methyl sites for hydroxylation is 1. The van der Waals surface area contributed by atoms with Gasteiger partial charge in [-0.1, -0.05) is 139 Å². The summed E-state index contributed by atoms with van der Waals surface area (Å²) in [7, 11) is 0. The Morgan fingerprint density at radius 1 is 0.685 bits per heavy atom. The molecular weight excluding hydrogens is 702 g/mol. The highest BCUT2D eigenvalue weighted by Crippen LogP contribution is 2.41. The van der Waals surface area contributed by atoms with E-state index >= 15 is 0 Å². The SMILES string of the molecule is FC(F)(F)c1cccc(CSc2nnc(Cc3c[nH]c4ccccc34)n2CCCc2cn(C(c3ccccc3)(c3ccccc3)c3ccccc3)cn2)c1. The molecule has 0 aliphatic rings. The Morgan fingerprint density at radius 3 is 1.98 bits per heavy atom. The number of H-pyrrole nitrogens is 1. The van der Waals surface area contributed by atoms with Crippen molar-refractivity contribution in [3.8, 4) is 0 Å². The molecule has 0 aliphatic carbocycles. The molecule has 0 bridgehead atoms. The fourth-order valence-corrected chi connectivity index (χ4v) is 8.22. The van der Waals surface area contributed by atoms with Crippen LogP contribution in [0.3, 0.4) is 0 Å². The fourth-order valence-electron chi connectivity index (χ4n) is 7.29. The van der Waals surface area contributed by atoms with Crippen molar-refractivity contribution in [2.75, 3.05) is 0 Å². The van der Waals surface area contributed by atoms with E-state index in [2.05, 4.69) is 109 Å². The second kappa shape index (κ2) is 15.2. The van der Waals surface area contributed by atoms with Gasteiger partial charge in [-0.25, -0.2) is 4.98 Å². The predicted molar refractivity (Wildman–Crippen MR) is 207 cm³/mol. The number of benzene rings is 5. The van der Waals surface area contributed by atoms with Crippen molar-refractivity contribution in [3.05, 3.63) is 203 Å². The van der Waals surface area contributed by atoms with Crippen LogP contribution in [0, 0.1) is 0 Å². The summed E-state index contributed by atoms with van der Waals surface area (Å²) >= 11 is 1.40. The number of nitrogens with zero attached hydrogens (tertiary/aromatic N) is 5. The number of aromatic nitrogens is 6. The van der Waals surface area contributed by atoms with Gasteiger partial charge in [-0.05, 0) is 52.8 Å². The van der Waals surface area contributed by atoms with Gasteiger partial charge in [0.2, 0.25) is 0 Å². The number of fused-ring (bicyclic) bond motifs is 1. The molecule has 0 fully saturated rings. The number of halogens is 3. The molecule has 3 aromatic heterocycles. The quantitative estimate of drug-likeness (QED) is 0.0945. The summed E-state index contributed by atoms with van der Waals surface area (Å²) in [5.74, 6) is 1.13. The maximum atomic E-state index is 13.5. The topological polar surface area (TPSA) is 64.3 Å². The molecule has 0 saturated heterocycles. The minimum atomic E-state index is -4.40. The van der Waals surface area contributed by atoms with Crippen molar-refractivity contribution in [1.82, 2.24) is 29.3 Å². The van der Waals surface area contributed by atoms with Crippen LogP contribution in [0.25, 0.3) is 10.9 Å². The Labute approximate surface area is 315 Å². The summed E-state index contributed by atoms with van der Waals surface area (Å²) in [6, 6.07) is 45.2. The normalized spacial score (nSPS) is 12.1. The summed E-state index contributed by atoms with van der Waals surface area (Å²) in [5.41, 5.74) is 5.75. The maximum absolute atomic E-state index is 13.5. The van der Waals surface area contributed by atoms with Crippen LogP contribution in [-0.2, 0) is 36.9 Å². The third kappa shape index (κ3) is 7.09. The zero-order valence-corrected chi connectivity index (χ0v) is 30.1. The first-order valence-electron chi connectivity index (χ1n) is 17.9.